The van der Waals surface area contributed by atoms with Crippen molar-refractivity contribution in [2.75, 3.05) is 0 Å². The van der Waals surface area contributed by atoms with Crippen molar-refractivity contribution in [3.63, 3.8) is 0 Å². The van der Waals surface area contributed by atoms with E-state index in [2.05, 4.69) is 4.85 Å². The summed E-state index contributed by atoms with van der Waals surface area (Å²) in [6.07, 6.45) is 0.497. The minimum atomic E-state index is -0.772. The third-order valence-electron chi connectivity index (χ3n) is 2.85. The smallest absolute Gasteiger partial charge is 0.307 e. The Hall–Kier alpha value is -1.82. The van der Waals surface area contributed by atoms with E-state index in [9.17, 15) is 9.90 Å². The first-order valence-electron chi connectivity index (χ1n) is 5.54. The summed E-state index contributed by atoms with van der Waals surface area (Å²) >= 11 is 0. The molecule has 3 nitrogen and oxygen atoms in total. The number of hydrogen-bond acceptors (Lipinski definition) is 1. The van der Waals surface area contributed by atoms with E-state index in [-0.39, 0.29) is 5.41 Å². The molecular weight excluding hydrogens is 214 g/mol. The lowest BCUT2D eigenvalue weighted by Crippen LogP contribution is -2.30. The van der Waals surface area contributed by atoms with Crippen LogP contribution in [0.2, 0.25) is 0 Å². The largest absolute Gasteiger partial charge is 0.481 e. The van der Waals surface area contributed by atoms with Crippen LogP contribution in [0.15, 0.2) is 24.3 Å². The van der Waals surface area contributed by atoms with Crippen molar-refractivity contribution in [2.45, 2.75) is 27.2 Å². The van der Waals surface area contributed by atoms with Gasteiger partial charge in [0, 0.05) is 0 Å². The molecule has 1 rings (SSSR count). The van der Waals surface area contributed by atoms with Crippen LogP contribution in [0.4, 0.5) is 5.69 Å². The average molecular weight is 231 g/mol. The Bertz CT molecular complexity index is 435. The lowest BCUT2D eigenvalue weighted by atomic mass is 9.77. The van der Waals surface area contributed by atoms with Gasteiger partial charge in [-0.3, -0.25) is 4.79 Å². The van der Waals surface area contributed by atoms with Crippen molar-refractivity contribution in [3.8, 4) is 0 Å². The SMILES string of the molecule is [C-]#[N+]c1ccc(CC(C(=O)O)C(C)(C)C)cc1. The lowest BCUT2D eigenvalue weighted by molar-refractivity contribution is -0.145. The number of hydrogen-bond donors (Lipinski definition) is 1. The van der Waals surface area contributed by atoms with Gasteiger partial charge in [0.05, 0.1) is 12.5 Å². The molecule has 0 radical (unpaired) electrons. The second kappa shape index (κ2) is 5.01. The highest BCUT2D eigenvalue weighted by atomic mass is 16.4. The van der Waals surface area contributed by atoms with Crippen molar-refractivity contribution in [2.24, 2.45) is 11.3 Å². The third-order valence-corrected chi connectivity index (χ3v) is 2.85. The highest BCUT2D eigenvalue weighted by Crippen LogP contribution is 2.29. The Kier molecular flexibility index (Phi) is 3.90. The van der Waals surface area contributed by atoms with Gasteiger partial charge in [0.25, 0.3) is 0 Å². The maximum absolute atomic E-state index is 11.2. The molecule has 1 N–H and O–H groups in total. The van der Waals surface area contributed by atoms with E-state index in [1.54, 1.807) is 12.1 Å². The van der Waals surface area contributed by atoms with Crippen molar-refractivity contribution >= 4 is 11.7 Å². The van der Waals surface area contributed by atoms with Gasteiger partial charge in [-0.05, 0) is 17.4 Å². The molecule has 0 bridgehead atoms. The van der Waals surface area contributed by atoms with E-state index in [0.29, 0.717) is 12.1 Å². The Morgan fingerprint density at radius 3 is 2.24 bits per heavy atom. The summed E-state index contributed by atoms with van der Waals surface area (Å²) in [6, 6.07) is 7.11. The van der Waals surface area contributed by atoms with E-state index >= 15 is 0 Å². The zero-order valence-corrected chi connectivity index (χ0v) is 10.4. The first kappa shape index (κ1) is 13.2. The zero-order chi connectivity index (χ0) is 13.1. The summed E-state index contributed by atoms with van der Waals surface area (Å²) in [6.45, 7) is 12.6. The molecule has 0 amide bonds. The molecule has 1 unspecified atom stereocenters. The van der Waals surface area contributed by atoms with Gasteiger partial charge in [0.15, 0.2) is 5.69 Å². The molecule has 17 heavy (non-hydrogen) atoms. The molecule has 0 saturated carbocycles. The molecule has 1 aromatic carbocycles. The fourth-order valence-corrected chi connectivity index (χ4v) is 1.71. The first-order valence-corrected chi connectivity index (χ1v) is 5.54. The number of benzene rings is 1. The molecule has 0 aliphatic heterocycles. The Labute approximate surface area is 102 Å². The van der Waals surface area contributed by atoms with Crippen LogP contribution in [0.25, 0.3) is 4.85 Å². The Balaban J connectivity index is 2.88. The average Bonchev–Trinajstić information content (AvgIpc) is 2.24. The van der Waals surface area contributed by atoms with Gasteiger partial charge in [-0.15, -0.1) is 0 Å². The molecule has 90 valence electrons. The fraction of sp³-hybridized carbons (Fsp3) is 0.429. The highest BCUT2D eigenvalue weighted by Gasteiger charge is 2.30. The van der Waals surface area contributed by atoms with E-state index in [0.717, 1.165) is 5.56 Å². The van der Waals surface area contributed by atoms with Crippen molar-refractivity contribution < 1.29 is 9.90 Å². The molecule has 0 saturated heterocycles. The van der Waals surface area contributed by atoms with Crippen LogP contribution in [-0.2, 0) is 11.2 Å². The number of aliphatic carboxylic acids is 1. The summed E-state index contributed by atoms with van der Waals surface area (Å²) in [7, 11) is 0. The van der Waals surface area contributed by atoms with Crippen LogP contribution < -0.4 is 0 Å². The molecule has 0 aliphatic carbocycles. The van der Waals surface area contributed by atoms with Gasteiger partial charge in [-0.1, -0.05) is 45.0 Å². The molecule has 0 aromatic heterocycles. The van der Waals surface area contributed by atoms with E-state index in [4.69, 9.17) is 6.57 Å². The summed E-state index contributed by atoms with van der Waals surface area (Å²) in [4.78, 5) is 14.5. The van der Waals surface area contributed by atoms with Crippen LogP contribution in [-0.4, -0.2) is 11.1 Å². The van der Waals surface area contributed by atoms with E-state index in [1.807, 2.05) is 32.9 Å². The van der Waals surface area contributed by atoms with Crippen LogP contribution in [0.3, 0.4) is 0 Å². The lowest BCUT2D eigenvalue weighted by Gasteiger charge is -2.27. The molecule has 0 aliphatic rings. The van der Waals surface area contributed by atoms with Crippen LogP contribution in [0.5, 0.6) is 0 Å². The standard InChI is InChI=1S/C14H17NO2/c1-14(2,3)12(13(16)17)9-10-5-7-11(15-4)8-6-10/h5-8,12H,9H2,1-3H3,(H,16,17). The molecular formula is C14H17NO2. The van der Waals surface area contributed by atoms with Gasteiger partial charge in [0.2, 0.25) is 0 Å². The molecule has 3 heteroatoms. The Morgan fingerprint density at radius 2 is 1.88 bits per heavy atom. The number of nitrogens with zero attached hydrogens (tertiary/aromatic N) is 1. The number of carboxylic acids is 1. The first-order chi connectivity index (χ1) is 7.84. The third kappa shape index (κ3) is 3.60. The van der Waals surface area contributed by atoms with Crippen LogP contribution in [0.1, 0.15) is 26.3 Å². The molecule has 0 fully saturated rings. The molecule has 0 heterocycles. The summed E-state index contributed by atoms with van der Waals surface area (Å²) in [5, 5.41) is 9.22. The van der Waals surface area contributed by atoms with E-state index < -0.39 is 11.9 Å². The normalized spacial score (nSPS) is 12.8. The fourth-order valence-electron chi connectivity index (χ4n) is 1.71. The second-order valence-corrected chi connectivity index (χ2v) is 5.24. The van der Waals surface area contributed by atoms with Gasteiger partial charge in [-0.25, -0.2) is 4.85 Å². The van der Waals surface area contributed by atoms with Gasteiger partial charge < -0.3 is 5.11 Å². The van der Waals surface area contributed by atoms with Crippen LogP contribution in [0, 0.1) is 17.9 Å². The second-order valence-electron chi connectivity index (χ2n) is 5.24. The summed E-state index contributed by atoms with van der Waals surface area (Å²) in [5.74, 6) is -1.19. The maximum atomic E-state index is 11.2. The quantitative estimate of drug-likeness (QED) is 0.808. The monoisotopic (exact) mass is 231 g/mol. The predicted molar refractivity (Wildman–Crippen MR) is 67.0 cm³/mol. The van der Waals surface area contributed by atoms with Gasteiger partial charge in [-0.2, -0.15) is 0 Å². The Morgan fingerprint density at radius 1 is 1.35 bits per heavy atom. The molecule has 1 atom stereocenters. The van der Waals surface area contributed by atoms with Crippen LogP contribution >= 0.6 is 0 Å². The predicted octanol–water partition coefficient (Wildman–Crippen LogP) is 3.53. The molecule has 1 aromatic rings. The highest BCUT2D eigenvalue weighted by molar-refractivity contribution is 5.71. The van der Waals surface area contributed by atoms with Crippen molar-refractivity contribution in [1.82, 2.24) is 0 Å². The van der Waals surface area contributed by atoms with Crippen molar-refractivity contribution in [1.29, 1.82) is 0 Å². The minimum Gasteiger partial charge on any atom is -0.481 e. The maximum Gasteiger partial charge on any atom is 0.307 e. The summed E-state index contributed by atoms with van der Waals surface area (Å²) in [5.41, 5.74) is 1.26. The number of rotatable bonds is 3. The topological polar surface area (TPSA) is 41.7 Å². The van der Waals surface area contributed by atoms with E-state index in [1.165, 1.54) is 0 Å². The van der Waals surface area contributed by atoms with Crippen molar-refractivity contribution in [3.05, 3.63) is 41.2 Å². The zero-order valence-electron chi connectivity index (χ0n) is 10.4. The molecule has 0 spiro atoms. The number of carbonyl (C=O) groups is 1. The summed E-state index contributed by atoms with van der Waals surface area (Å²) < 4.78 is 0. The number of carboxylic acid groups (broad SMARTS) is 1. The van der Waals surface area contributed by atoms with Gasteiger partial charge in [0.1, 0.15) is 0 Å². The minimum absolute atomic E-state index is 0.274. The van der Waals surface area contributed by atoms with Gasteiger partial charge >= 0.3 is 5.97 Å².